The molecule has 1 aliphatic heterocycles. The van der Waals surface area contributed by atoms with E-state index in [1.807, 2.05) is 0 Å². The first-order valence-corrected chi connectivity index (χ1v) is 16.4. The fourth-order valence-electron chi connectivity index (χ4n) is 4.63. The number of hydrogen-bond donors (Lipinski definition) is 3. The quantitative estimate of drug-likeness (QED) is 0.115. The van der Waals surface area contributed by atoms with Crippen molar-refractivity contribution in [3.63, 3.8) is 0 Å². The number of carboxylic acid groups (broad SMARTS) is 3. The van der Waals surface area contributed by atoms with Crippen LogP contribution in [0.3, 0.4) is 0 Å². The van der Waals surface area contributed by atoms with Crippen LogP contribution >= 0.6 is 0 Å². The summed E-state index contributed by atoms with van der Waals surface area (Å²) in [4.78, 5) is 59.0. The maximum Gasteiger partial charge on any atom is 0.335 e. The highest BCUT2D eigenvalue weighted by Crippen LogP contribution is 2.44. The van der Waals surface area contributed by atoms with Gasteiger partial charge < -0.3 is 34.0 Å². The van der Waals surface area contributed by atoms with Crippen LogP contribution < -0.4 is 4.74 Å². The van der Waals surface area contributed by atoms with Gasteiger partial charge in [-0.05, 0) is 35.7 Å². The van der Waals surface area contributed by atoms with Crippen LogP contribution in [-0.2, 0) is 33.1 Å². The summed E-state index contributed by atoms with van der Waals surface area (Å²) in [7, 11) is -0.991. The summed E-state index contributed by atoms with van der Waals surface area (Å²) in [6.45, 7) is 10.8. The van der Waals surface area contributed by atoms with E-state index >= 15 is 0 Å². The van der Waals surface area contributed by atoms with Crippen molar-refractivity contribution in [2.24, 2.45) is 17.8 Å². The molecule has 1 aromatic rings. The molecule has 0 aliphatic carbocycles. The number of benzene rings is 1. The molecule has 1 heterocycles. The van der Waals surface area contributed by atoms with E-state index in [4.69, 9.17) is 18.6 Å². The minimum absolute atomic E-state index is 0.00227. The van der Waals surface area contributed by atoms with Gasteiger partial charge in [0.2, 0.25) is 6.29 Å². The molecular weight excluding hydrogens is 586 g/mol. The average molecular weight is 626 g/mol. The fourth-order valence-corrected chi connectivity index (χ4v) is 5.57. The molecule has 1 aliphatic rings. The van der Waals surface area contributed by atoms with E-state index in [1.54, 1.807) is 12.2 Å². The van der Waals surface area contributed by atoms with Crippen molar-refractivity contribution in [1.82, 2.24) is 0 Å². The normalized spacial score (nSPS) is 22.6. The molecule has 1 saturated heterocycles. The molecule has 1 fully saturated rings. The van der Waals surface area contributed by atoms with Crippen LogP contribution in [0.25, 0.3) is 6.08 Å². The number of hydrogen-bond acceptors (Lipinski definition) is 10. The molecule has 5 atom stereocenters. The maximum atomic E-state index is 12.6. The zero-order valence-electron chi connectivity index (χ0n) is 25.0. The molecule has 0 radical (unpaired) electrons. The summed E-state index contributed by atoms with van der Waals surface area (Å²) in [5.74, 6) is -9.27. The van der Waals surface area contributed by atoms with Gasteiger partial charge in [-0.2, -0.15) is 0 Å². The molecule has 14 nitrogen and oxygen atoms in total. The van der Waals surface area contributed by atoms with Crippen LogP contribution in [0, 0.1) is 27.9 Å². The summed E-state index contributed by atoms with van der Waals surface area (Å²) in [6.07, 6.45) is -2.09. The topological polar surface area (TPSA) is 209 Å². The number of carbonyl (C=O) groups excluding carboxylic acids is 1. The second kappa shape index (κ2) is 14.6. The number of nitro groups is 1. The van der Waals surface area contributed by atoms with E-state index in [9.17, 15) is 44.6 Å². The number of carbonyl (C=O) groups is 4. The van der Waals surface area contributed by atoms with E-state index in [-0.39, 0.29) is 10.8 Å². The lowest BCUT2D eigenvalue weighted by Gasteiger charge is -2.44. The third-order valence-corrected chi connectivity index (χ3v) is 12.4. The Morgan fingerprint density at radius 1 is 1.00 bits per heavy atom. The smallest absolute Gasteiger partial charge is 0.335 e. The van der Waals surface area contributed by atoms with Crippen molar-refractivity contribution in [3.05, 3.63) is 40.0 Å². The van der Waals surface area contributed by atoms with Crippen molar-refractivity contribution in [2.75, 3.05) is 13.7 Å². The van der Waals surface area contributed by atoms with Crippen LogP contribution in [-0.4, -0.2) is 78.5 Å². The minimum Gasteiger partial charge on any atom is -0.481 e. The van der Waals surface area contributed by atoms with Gasteiger partial charge in [-0.25, -0.2) is 4.79 Å². The Morgan fingerprint density at radius 2 is 1.56 bits per heavy atom. The number of esters is 1. The molecule has 1 aromatic carbocycles. The Kier molecular flexibility index (Phi) is 12.0. The first-order chi connectivity index (χ1) is 19.9. The van der Waals surface area contributed by atoms with Crippen LogP contribution in [0.2, 0.25) is 18.1 Å². The minimum atomic E-state index is -2.01. The van der Waals surface area contributed by atoms with Crippen LogP contribution in [0.15, 0.2) is 24.3 Å². The Hall–Kier alpha value is -3.82. The summed E-state index contributed by atoms with van der Waals surface area (Å²) in [5.41, 5.74) is -0.0514. The maximum absolute atomic E-state index is 12.6. The summed E-state index contributed by atoms with van der Waals surface area (Å²) in [6, 6.07) is 4.02. The Morgan fingerprint density at radius 3 is 2.07 bits per heavy atom. The lowest BCUT2D eigenvalue weighted by Crippen LogP contribution is -2.54. The average Bonchev–Trinajstić information content (AvgIpc) is 2.88. The third-order valence-electron chi connectivity index (χ3n) is 7.86. The second-order valence-corrected chi connectivity index (χ2v) is 16.6. The summed E-state index contributed by atoms with van der Waals surface area (Å²) in [5, 5.41) is 40.6. The molecule has 3 N–H and O–H groups in total. The van der Waals surface area contributed by atoms with E-state index in [0.717, 1.165) is 7.11 Å². The number of aliphatic carboxylic acids is 3. The first-order valence-electron chi connectivity index (χ1n) is 13.5. The molecule has 0 saturated carbocycles. The molecule has 238 valence electrons. The van der Waals surface area contributed by atoms with Crippen molar-refractivity contribution < 1.29 is 58.1 Å². The lowest BCUT2D eigenvalue weighted by molar-refractivity contribution is -0.386. The van der Waals surface area contributed by atoms with E-state index in [1.165, 1.54) is 18.2 Å². The van der Waals surface area contributed by atoms with Crippen molar-refractivity contribution in [3.8, 4) is 5.75 Å². The molecule has 0 spiro atoms. The van der Waals surface area contributed by atoms with Gasteiger partial charge in [0.15, 0.2) is 20.2 Å². The summed E-state index contributed by atoms with van der Waals surface area (Å²) >= 11 is 0. The molecule has 43 heavy (non-hydrogen) atoms. The number of carboxylic acids is 3. The van der Waals surface area contributed by atoms with E-state index in [2.05, 4.69) is 33.9 Å². The van der Waals surface area contributed by atoms with Gasteiger partial charge in [0, 0.05) is 24.3 Å². The zero-order valence-corrected chi connectivity index (χ0v) is 26.0. The van der Waals surface area contributed by atoms with Crippen LogP contribution in [0.1, 0.15) is 45.6 Å². The molecular formula is C28H39NO13Si. The van der Waals surface area contributed by atoms with Gasteiger partial charge in [0.05, 0.1) is 31.5 Å². The number of nitrogens with zero attached hydrogens (tertiary/aromatic N) is 1. The second-order valence-electron chi connectivity index (χ2n) is 11.8. The van der Waals surface area contributed by atoms with Crippen molar-refractivity contribution in [2.45, 2.75) is 70.6 Å². The molecule has 15 heteroatoms. The Bertz CT molecular complexity index is 1240. The van der Waals surface area contributed by atoms with E-state index in [0.29, 0.717) is 12.2 Å². The third kappa shape index (κ3) is 9.59. The van der Waals surface area contributed by atoms with Crippen LogP contribution in [0.5, 0.6) is 5.75 Å². The predicted molar refractivity (Wildman–Crippen MR) is 154 cm³/mol. The highest BCUT2D eigenvalue weighted by molar-refractivity contribution is 6.74. The number of nitro benzene ring substituents is 1. The lowest BCUT2D eigenvalue weighted by atomic mass is 9.71. The molecule has 0 bridgehead atoms. The highest BCUT2D eigenvalue weighted by atomic mass is 28.4. The fraction of sp³-hybridized carbons (Fsp3) is 0.571. The SMILES string of the molecule is COC(=O)[C@H]1O[C@@H](Oc2ccc(/C=C/CO[Si](C)(C)C(C)(C)C)cc2[N+](=O)[O-])[C@H](CC(=O)O)[C@@H](CC(=O)O)[C@@H]1CC(=O)O. The summed E-state index contributed by atoms with van der Waals surface area (Å²) < 4.78 is 22.3. The van der Waals surface area contributed by atoms with Gasteiger partial charge in [0.25, 0.3) is 0 Å². The Labute approximate surface area is 249 Å². The first kappa shape index (κ1) is 35.4. The largest absolute Gasteiger partial charge is 0.481 e. The monoisotopic (exact) mass is 625 g/mol. The molecule has 0 unspecified atom stereocenters. The van der Waals surface area contributed by atoms with Crippen molar-refractivity contribution in [1.29, 1.82) is 0 Å². The molecule has 2 rings (SSSR count). The predicted octanol–water partition coefficient (Wildman–Crippen LogP) is 4.18. The highest BCUT2D eigenvalue weighted by Gasteiger charge is 2.52. The van der Waals surface area contributed by atoms with Gasteiger partial charge in [-0.3, -0.25) is 24.5 Å². The van der Waals surface area contributed by atoms with Crippen molar-refractivity contribution >= 4 is 44.0 Å². The molecule has 0 aromatic heterocycles. The van der Waals surface area contributed by atoms with E-state index < -0.39 is 92.2 Å². The standard InChI is InChI=1S/C28H39NO13Si/c1-28(2,3)43(5,6)40-11-7-8-16-9-10-21(20(12-16)29(37)38)41-27-19(15-24(34)35)17(13-22(30)31)18(14-23(32)33)25(42-27)26(36)39-4/h7-10,12,17-19,25,27H,11,13-15H2,1-6H3,(H,30,31)(H,32,33)(H,34,35)/b8-7+/t17-,18-,19+,25-,27+/m0/s1. The van der Waals surface area contributed by atoms with Gasteiger partial charge >= 0.3 is 29.6 Å². The number of ether oxygens (including phenoxy) is 3. The Balaban J connectivity index is 2.46. The molecule has 0 amide bonds. The van der Waals surface area contributed by atoms with Crippen LogP contribution in [0.4, 0.5) is 5.69 Å². The number of methoxy groups -OCH3 is 1. The van der Waals surface area contributed by atoms with Gasteiger partial charge in [-0.1, -0.05) is 39.0 Å². The van der Waals surface area contributed by atoms with Gasteiger partial charge in [-0.15, -0.1) is 0 Å². The zero-order chi connectivity index (χ0) is 32.7. The number of rotatable bonds is 14. The van der Waals surface area contributed by atoms with Gasteiger partial charge in [0.1, 0.15) is 0 Å².